The van der Waals surface area contributed by atoms with Gasteiger partial charge >= 0.3 is 0 Å². The molecule has 0 aliphatic heterocycles. The van der Waals surface area contributed by atoms with Gasteiger partial charge in [0.25, 0.3) is 0 Å². The number of hydrogen-bond acceptors (Lipinski definition) is 3. The number of hydrogen-bond donors (Lipinski definition) is 1. The Balaban J connectivity index is 1.71. The molecule has 0 fully saturated rings. The molecule has 0 spiro atoms. The van der Waals surface area contributed by atoms with Gasteiger partial charge in [0.2, 0.25) is 0 Å². The van der Waals surface area contributed by atoms with Crippen molar-refractivity contribution in [1.29, 1.82) is 0 Å². The average Bonchev–Trinajstić information content (AvgIpc) is 2.82. The van der Waals surface area contributed by atoms with Crippen LogP contribution in [0, 0.1) is 6.92 Å². The zero-order valence-electron chi connectivity index (χ0n) is 10.6. The van der Waals surface area contributed by atoms with E-state index in [2.05, 4.69) is 16.4 Å². The van der Waals surface area contributed by atoms with Crippen molar-refractivity contribution in [3.8, 4) is 0 Å². The highest BCUT2D eigenvalue weighted by Crippen LogP contribution is 2.27. The summed E-state index contributed by atoms with van der Waals surface area (Å²) in [4.78, 5) is 4.53. The molecule has 1 aliphatic carbocycles. The molecule has 1 aliphatic rings. The summed E-state index contributed by atoms with van der Waals surface area (Å²) in [6.45, 7) is 2.75. The molecule has 2 heterocycles. The van der Waals surface area contributed by atoms with E-state index in [9.17, 15) is 0 Å². The first kappa shape index (κ1) is 11.5. The molecule has 0 saturated heterocycles. The quantitative estimate of drug-likeness (QED) is 0.898. The molecule has 3 heteroatoms. The van der Waals surface area contributed by atoms with E-state index in [0.717, 1.165) is 30.9 Å². The van der Waals surface area contributed by atoms with Crippen molar-refractivity contribution in [1.82, 2.24) is 10.3 Å². The van der Waals surface area contributed by atoms with Crippen LogP contribution in [0.3, 0.4) is 0 Å². The molecule has 2 aromatic rings. The Kier molecular flexibility index (Phi) is 3.15. The number of furan rings is 1. The topological polar surface area (TPSA) is 38.1 Å². The van der Waals surface area contributed by atoms with Gasteiger partial charge in [-0.05, 0) is 49.9 Å². The molecule has 0 aromatic carbocycles. The molecule has 0 amide bonds. The van der Waals surface area contributed by atoms with Crippen LogP contribution in [0.15, 0.2) is 34.9 Å². The van der Waals surface area contributed by atoms with Crippen LogP contribution < -0.4 is 5.32 Å². The van der Waals surface area contributed by atoms with Crippen molar-refractivity contribution >= 4 is 0 Å². The van der Waals surface area contributed by atoms with Crippen molar-refractivity contribution in [3.05, 3.63) is 53.2 Å². The first-order chi connectivity index (χ1) is 8.83. The van der Waals surface area contributed by atoms with Crippen LogP contribution >= 0.6 is 0 Å². The molecule has 0 radical (unpaired) electrons. The van der Waals surface area contributed by atoms with Gasteiger partial charge in [-0.2, -0.15) is 0 Å². The minimum Gasteiger partial charge on any atom is -0.465 e. The average molecular weight is 242 g/mol. The van der Waals surface area contributed by atoms with Crippen molar-refractivity contribution in [3.63, 3.8) is 0 Å². The molecule has 1 atom stereocenters. The number of aryl methyl sites for hydroxylation is 2. The van der Waals surface area contributed by atoms with Gasteiger partial charge in [0.05, 0.1) is 18.3 Å². The molecule has 0 bridgehead atoms. The summed E-state index contributed by atoms with van der Waals surface area (Å²) in [5.41, 5.74) is 2.60. The van der Waals surface area contributed by atoms with Gasteiger partial charge in [-0.25, -0.2) is 0 Å². The molecular formula is C15H18N2O. The molecule has 18 heavy (non-hydrogen) atoms. The van der Waals surface area contributed by atoms with Crippen molar-refractivity contribution in [2.24, 2.45) is 0 Å². The van der Waals surface area contributed by atoms with E-state index in [0.29, 0.717) is 6.04 Å². The van der Waals surface area contributed by atoms with Crippen LogP contribution in [-0.2, 0) is 13.0 Å². The zero-order valence-corrected chi connectivity index (χ0v) is 10.6. The molecule has 3 rings (SSSR count). The Bertz CT molecular complexity index is 533. The summed E-state index contributed by atoms with van der Waals surface area (Å²) in [6, 6.07) is 8.61. The van der Waals surface area contributed by atoms with Crippen molar-refractivity contribution in [2.75, 3.05) is 0 Å². The largest absolute Gasteiger partial charge is 0.465 e. The standard InChI is InChI=1S/C15H18N2O/c1-11-7-8-13(18-11)10-17-14-6-2-4-12-5-3-9-16-15(12)14/h3,5,7-9,14,17H,2,4,6,10H2,1H3. The van der Waals surface area contributed by atoms with Crippen molar-refractivity contribution < 1.29 is 4.42 Å². The maximum Gasteiger partial charge on any atom is 0.117 e. The number of rotatable bonds is 3. The maximum atomic E-state index is 5.58. The number of aromatic nitrogens is 1. The van der Waals surface area contributed by atoms with Crippen LogP contribution in [0.2, 0.25) is 0 Å². The second-order valence-electron chi connectivity index (χ2n) is 4.89. The summed E-state index contributed by atoms with van der Waals surface area (Å²) in [5.74, 6) is 1.96. The number of nitrogens with zero attached hydrogens (tertiary/aromatic N) is 1. The normalized spacial score (nSPS) is 18.6. The summed E-state index contributed by atoms with van der Waals surface area (Å²) >= 11 is 0. The van der Waals surface area contributed by atoms with Gasteiger partial charge in [0, 0.05) is 6.20 Å². The summed E-state index contributed by atoms with van der Waals surface area (Å²) in [5, 5.41) is 3.55. The van der Waals surface area contributed by atoms with Gasteiger partial charge in [-0.15, -0.1) is 0 Å². The summed E-state index contributed by atoms with van der Waals surface area (Å²) in [7, 11) is 0. The molecule has 1 N–H and O–H groups in total. The zero-order chi connectivity index (χ0) is 12.4. The summed E-state index contributed by atoms with van der Waals surface area (Å²) in [6.07, 6.45) is 5.42. The van der Waals surface area contributed by atoms with E-state index in [1.807, 2.05) is 31.3 Å². The minimum absolute atomic E-state index is 0.361. The third kappa shape index (κ3) is 2.31. The van der Waals surface area contributed by atoms with Gasteiger partial charge < -0.3 is 9.73 Å². The fraction of sp³-hybridized carbons (Fsp3) is 0.400. The third-order valence-electron chi connectivity index (χ3n) is 3.51. The molecule has 3 nitrogen and oxygen atoms in total. The lowest BCUT2D eigenvalue weighted by Gasteiger charge is -2.24. The number of pyridine rings is 1. The van der Waals surface area contributed by atoms with Crippen LogP contribution in [0.1, 0.15) is 41.7 Å². The second kappa shape index (κ2) is 4.94. The first-order valence-corrected chi connectivity index (χ1v) is 6.55. The number of fused-ring (bicyclic) bond motifs is 1. The molecule has 2 aromatic heterocycles. The fourth-order valence-corrected chi connectivity index (χ4v) is 2.61. The Morgan fingerprint density at radius 2 is 2.33 bits per heavy atom. The van der Waals surface area contributed by atoms with Gasteiger partial charge in [-0.3, -0.25) is 4.98 Å². The third-order valence-corrected chi connectivity index (χ3v) is 3.51. The number of nitrogens with one attached hydrogen (secondary N) is 1. The molecule has 0 saturated carbocycles. The lowest BCUT2D eigenvalue weighted by Crippen LogP contribution is -2.25. The Labute approximate surface area is 107 Å². The van der Waals surface area contributed by atoms with Crippen LogP contribution in [0.5, 0.6) is 0 Å². The lowest BCUT2D eigenvalue weighted by molar-refractivity contribution is 0.403. The van der Waals surface area contributed by atoms with Crippen LogP contribution in [0.25, 0.3) is 0 Å². The smallest absolute Gasteiger partial charge is 0.117 e. The summed E-state index contributed by atoms with van der Waals surface area (Å²) < 4.78 is 5.58. The molecule has 1 unspecified atom stereocenters. The predicted molar refractivity (Wildman–Crippen MR) is 70.2 cm³/mol. The van der Waals surface area contributed by atoms with Crippen molar-refractivity contribution in [2.45, 2.75) is 38.8 Å². The van der Waals surface area contributed by atoms with E-state index in [-0.39, 0.29) is 0 Å². The SMILES string of the molecule is Cc1ccc(CNC2CCCc3cccnc32)o1. The highest BCUT2D eigenvalue weighted by atomic mass is 16.3. The van der Waals surface area contributed by atoms with E-state index in [1.54, 1.807) is 0 Å². The van der Waals surface area contributed by atoms with E-state index < -0.39 is 0 Å². The second-order valence-corrected chi connectivity index (χ2v) is 4.89. The van der Waals surface area contributed by atoms with E-state index in [4.69, 9.17) is 4.42 Å². The van der Waals surface area contributed by atoms with Gasteiger partial charge in [-0.1, -0.05) is 6.07 Å². The maximum absolute atomic E-state index is 5.58. The first-order valence-electron chi connectivity index (χ1n) is 6.55. The highest BCUT2D eigenvalue weighted by Gasteiger charge is 2.20. The molecule has 94 valence electrons. The Morgan fingerprint density at radius 1 is 1.39 bits per heavy atom. The lowest BCUT2D eigenvalue weighted by atomic mass is 9.92. The predicted octanol–water partition coefficient (Wildman–Crippen LogP) is 3.15. The minimum atomic E-state index is 0.361. The Hall–Kier alpha value is -1.61. The Morgan fingerprint density at radius 3 is 3.17 bits per heavy atom. The van der Waals surface area contributed by atoms with Gasteiger partial charge in [0.15, 0.2) is 0 Å². The molecular weight excluding hydrogens is 224 g/mol. The monoisotopic (exact) mass is 242 g/mol. The van der Waals surface area contributed by atoms with E-state index >= 15 is 0 Å². The fourth-order valence-electron chi connectivity index (χ4n) is 2.61. The van der Waals surface area contributed by atoms with E-state index in [1.165, 1.54) is 17.7 Å². The van der Waals surface area contributed by atoms with Gasteiger partial charge in [0.1, 0.15) is 11.5 Å². The van der Waals surface area contributed by atoms with Crippen LogP contribution in [0.4, 0.5) is 0 Å². The van der Waals surface area contributed by atoms with Crippen LogP contribution in [-0.4, -0.2) is 4.98 Å². The highest BCUT2D eigenvalue weighted by molar-refractivity contribution is 5.25.